The van der Waals surface area contributed by atoms with E-state index < -0.39 is 16.0 Å². The quantitative estimate of drug-likeness (QED) is 0.485. The van der Waals surface area contributed by atoms with Gasteiger partial charge in [-0.1, -0.05) is 19.9 Å². The highest BCUT2D eigenvalue weighted by Gasteiger charge is 2.24. The Labute approximate surface area is 161 Å². The molecule has 2 rings (SSSR count). The first kappa shape index (κ1) is 21.1. The van der Waals surface area contributed by atoms with Crippen LogP contribution in [0.1, 0.15) is 41.8 Å². The SMILES string of the molecule is CCN(CC)S(=O)(=O)c1cc(C(=O)OCCCc2ccncc2)ccc1C. The maximum atomic E-state index is 12.8. The fourth-order valence-electron chi connectivity index (χ4n) is 2.78. The second-order valence-corrected chi connectivity index (χ2v) is 8.07. The second-order valence-electron chi connectivity index (χ2n) is 6.16. The topological polar surface area (TPSA) is 76.6 Å². The molecule has 0 unspecified atom stereocenters. The number of hydrogen-bond donors (Lipinski definition) is 0. The molecule has 146 valence electrons. The van der Waals surface area contributed by atoms with Gasteiger partial charge >= 0.3 is 5.97 Å². The van der Waals surface area contributed by atoms with Gasteiger partial charge in [0.1, 0.15) is 0 Å². The molecule has 1 aromatic heterocycles. The lowest BCUT2D eigenvalue weighted by Gasteiger charge is -2.20. The maximum absolute atomic E-state index is 12.8. The smallest absolute Gasteiger partial charge is 0.338 e. The van der Waals surface area contributed by atoms with Crippen molar-refractivity contribution in [2.24, 2.45) is 0 Å². The number of aromatic nitrogens is 1. The van der Waals surface area contributed by atoms with Gasteiger partial charge in [0.25, 0.3) is 0 Å². The van der Waals surface area contributed by atoms with Gasteiger partial charge in [-0.2, -0.15) is 4.31 Å². The molecule has 0 saturated heterocycles. The number of nitrogens with zero attached hydrogens (tertiary/aromatic N) is 2. The Morgan fingerprint density at radius 2 is 1.78 bits per heavy atom. The summed E-state index contributed by atoms with van der Waals surface area (Å²) in [7, 11) is -3.63. The molecule has 0 aliphatic heterocycles. The molecule has 0 spiro atoms. The number of pyridine rings is 1. The van der Waals surface area contributed by atoms with Gasteiger partial charge in [-0.15, -0.1) is 0 Å². The van der Waals surface area contributed by atoms with E-state index in [1.165, 1.54) is 10.4 Å². The van der Waals surface area contributed by atoms with E-state index >= 15 is 0 Å². The fraction of sp³-hybridized carbons (Fsp3) is 0.400. The first-order valence-electron chi connectivity index (χ1n) is 9.07. The van der Waals surface area contributed by atoms with E-state index in [2.05, 4.69) is 4.98 Å². The van der Waals surface area contributed by atoms with Gasteiger partial charge in [-0.3, -0.25) is 4.98 Å². The van der Waals surface area contributed by atoms with Gasteiger partial charge in [0.2, 0.25) is 10.0 Å². The van der Waals surface area contributed by atoms with Crippen molar-refractivity contribution in [3.05, 3.63) is 59.4 Å². The van der Waals surface area contributed by atoms with Crippen LogP contribution in [0.2, 0.25) is 0 Å². The molecule has 0 amide bonds. The van der Waals surface area contributed by atoms with Gasteiger partial charge in [0.15, 0.2) is 0 Å². The lowest BCUT2D eigenvalue weighted by molar-refractivity contribution is 0.0500. The van der Waals surface area contributed by atoms with Crippen LogP contribution in [0.25, 0.3) is 0 Å². The Morgan fingerprint density at radius 1 is 1.11 bits per heavy atom. The number of benzene rings is 1. The number of carbonyl (C=O) groups is 1. The number of esters is 1. The first-order chi connectivity index (χ1) is 12.9. The minimum Gasteiger partial charge on any atom is -0.462 e. The maximum Gasteiger partial charge on any atom is 0.338 e. The van der Waals surface area contributed by atoms with Crippen LogP contribution in [0.15, 0.2) is 47.6 Å². The third-order valence-corrected chi connectivity index (χ3v) is 6.53. The van der Waals surface area contributed by atoms with Crippen LogP contribution in [0.4, 0.5) is 0 Å². The summed E-state index contributed by atoms with van der Waals surface area (Å²) in [4.78, 5) is 16.4. The van der Waals surface area contributed by atoms with E-state index in [1.807, 2.05) is 12.1 Å². The number of rotatable bonds is 9. The van der Waals surface area contributed by atoms with Gasteiger partial charge in [-0.25, -0.2) is 13.2 Å². The van der Waals surface area contributed by atoms with Crippen LogP contribution in [0.3, 0.4) is 0 Å². The van der Waals surface area contributed by atoms with Crippen molar-refractivity contribution in [3.63, 3.8) is 0 Å². The van der Waals surface area contributed by atoms with Gasteiger partial charge in [-0.05, 0) is 55.2 Å². The Hall–Kier alpha value is -2.25. The average Bonchev–Trinajstić information content (AvgIpc) is 2.67. The summed E-state index contributed by atoms with van der Waals surface area (Å²) in [5.74, 6) is -0.513. The van der Waals surface area contributed by atoms with Gasteiger partial charge < -0.3 is 4.74 Å². The standard InChI is InChI=1S/C20H26N2O4S/c1-4-22(5-2)27(24,25)19-15-18(9-8-16(19)3)20(23)26-14-6-7-17-10-12-21-13-11-17/h8-13,15H,4-7,14H2,1-3H3. The number of ether oxygens (including phenoxy) is 1. The molecule has 6 nitrogen and oxygen atoms in total. The largest absolute Gasteiger partial charge is 0.462 e. The van der Waals surface area contributed by atoms with E-state index in [0.29, 0.717) is 25.1 Å². The molecule has 0 bridgehead atoms. The summed E-state index contributed by atoms with van der Waals surface area (Å²) >= 11 is 0. The Morgan fingerprint density at radius 3 is 2.41 bits per heavy atom. The third-order valence-electron chi connectivity index (χ3n) is 4.34. The normalized spacial score (nSPS) is 11.6. The Balaban J connectivity index is 2.05. The van der Waals surface area contributed by atoms with Gasteiger partial charge in [0.05, 0.1) is 17.1 Å². The highest BCUT2D eigenvalue weighted by atomic mass is 32.2. The minimum atomic E-state index is -3.63. The van der Waals surface area contributed by atoms with Crippen LogP contribution in [0, 0.1) is 6.92 Å². The lowest BCUT2D eigenvalue weighted by atomic mass is 10.1. The summed E-state index contributed by atoms with van der Waals surface area (Å²) in [5, 5.41) is 0. The summed E-state index contributed by atoms with van der Waals surface area (Å²) in [6.45, 7) is 6.33. The zero-order valence-corrected chi connectivity index (χ0v) is 16.8. The summed E-state index contributed by atoms with van der Waals surface area (Å²) < 4.78 is 32.2. The van der Waals surface area contributed by atoms with Crippen LogP contribution < -0.4 is 0 Å². The second kappa shape index (κ2) is 9.62. The molecule has 0 N–H and O–H groups in total. The minimum absolute atomic E-state index is 0.150. The zero-order valence-electron chi connectivity index (χ0n) is 16.0. The van der Waals surface area contributed by atoms with E-state index in [0.717, 1.165) is 12.0 Å². The lowest BCUT2D eigenvalue weighted by Crippen LogP contribution is -2.31. The highest BCUT2D eigenvalue weighted by Crippen LogP contribution is 2.22. The molecule has 0 fully saturated rings. The van der Waals surface area contributed by atoms with Crippen molar-refractivity contribution in [3.8, 4) is 0 Å². The van der Waals surface area contributed by atoms with Crippen molar-refractivity contribution in [2.75, 3.05) is 19.7 Å². The fourth-order valence-corrected chi connectivity index (χ4v) is 4.49. The Bertz CT molecular complexity index is 863. The number of sulfonamides is 1. The highest BCUT2D eigenvalue weighted by molar-refractivity contribution is 7.89. The van der Waals surface area contributed by atoms with Crippen molar-refractivity contribution in [1.82, 2.24) is 9.29 Å². The molecule has 1 heterocycles. The summed E-state index contributed by atoms with van der Waals surface area (Å²) in [5.41, 5.74) is 1.98. The van der Waals surface area contributed by atoms with Crippen molar-refractivity contribution in [2.45, 2.75) is 38.5 Å². The predicted octanol–water partition coefficient (Wildman–Crippen LogP) is 3.21. The van der Waals surface area contributed by atoms with Crippen LogP contribution >= 0.6 is 0 Å². The van der Waals surface area contributed by atoms with E-state index in [-0.39, 0.29) is 17.1 Å². The average molecular weight is 391 g/mol. The zero-order chi connectivity index (χ0) is 19.9. The van der Waals surface area contributed by atoms with E-state index in [1.54, 1.807) is 45.3 Å². The first-order valence-corrected chi connectivity index (χ1v) is 10.5. The van der Waals surface area contributed by atoms with Crippen LogP contribution in [-0.4, -0.2) is 43.4 Å². The van der Waals surface area contributed by atoms with E-state index in [9.17, 15) is 13.2 Å². The molecule has 0 atom stereocenters. The molecule has 2 aromatic rings. The predicted molar refractivity (Wildman–Crippen MR) is 104 cm³/mol. The van der Waals surface area contributed by atoms with Gasteiger partial charge in [0, 0.05) is 25.5 Å². The van der Waals surface area contributed by atoms with Crippen LogP contribution in [0.5, 0.6) is 0 Å². The molecule has 7 heteroatoms. The molecule has 0 radical (unpaired) electrons. The number of carbonyl (C=O) groups excluding carboxylic acids is 1. The molecular weight excluding hydrogens is 364 g/mol. The third kappa shape index (κ3) is 5.37. The molecule has 27 heavy (non-hydrogen) atoms. The molecule has 0 saturated carbocycles. The van der Waals surface area contributed by atoms with Crippen molar-refractivity contribution >= 4 is 16.0 Å². The molecule has 1 aromatic carbocycles. The monoisotopic (exact) mass is 390 g/mol. The number of aryl methyl sites for hydroxylation is 2. The Kier molecular flexibility index (Phi) is 7.50. The van der Waals surface area contributed by atoms with Crippen molar-refractivity contribution < 1.29 is 17.9 Å². The van der Waals surface area contributed by atoms with E-state index in [4.69, 9.17) is 4.74 Å². The molecular formula is C20H26N2O4S. The van der Waals surface area contributed by atoms with Crippen molar-refractivity contribution in [1.29, 1.82) is 0 Å². The number of hydrogen-bond acceptors (Lipinski definition) is 5. The van der Waals surface area contributed by atoms with Crippen LogP contribution in [-0.2, 0) is 21.2 Å². The molecule has 0 aliphatic rings. The molecule has 0 aliphatic carbocycles. The summed E-state index contributed by atoms with van der Waals surface area (Å²) in [6.07, 6.45) is 4.93. The summed E-state index contributed by atoms with van der Waals surface area (Å²) in [6, 6.07) is 8.50.